The van der Waals surface area contributed by atoms with Crippen molar-refractivity contribution in [1.82, 2.24) is 0 Å². The first-order chi connectivity index (χ1) is 2.77. The van der Waals surface area contributed by atoms with Gasteiger partial charge >= 0.3 is 6.47 Å². The number of aliphatic hydroxyl groups excluding tert-OH is 1. The second-order valence-electron chi connectivity index (χ2n) is 0.608. The Hall–Kier alpha value is -0.990. The molecule has 6 heavy (non-hydrogen) atoms. The van der Waals surface area contributed by atoms with Gasteiger partial charge in [-0.05, 0) is 6.58 Å². The number of aliphatic hydroxyl groups is 1. The maximum Gasteiger partial charge on any atom is 0.300 e. The zero-order chi connectivity index (χ0) is 4.99. The lowest BCUT2D eigenvalue weighted by molar-refractivity contribution is -0.128. The van der Waals surface area contributed by atoms with Crippen LogP contribution in [0, 0.1) is 0 Å². The van der Waals surface area contributed by atoms with Crippen molar-refractivity contribution in [2.45, 2.75) is 0 Å². The van der Waals surface area contributed by atoms with E-state index in [1.807, 2.05) is 0 Å². The Balaban J connectivity index is 3.05. The van der Waals surface area contributed by atoms with Crippen LogP contribution in [-0.4, -0.2) is 11.6 Å². The van der Waals surface area contributed by atoms with Gasteiger partial charge in [-0.3, -0.25) is 4.79 Å². The second-order valence-corrected chi connectivity index (χ2v) is 0.608. The van der Waals surface area contributed by atoms with Gasteiger partial charge in [0.2, 0.25) is 0 Å². The van der Waals surface area contributed by atoms with Gasteiger partial charge < -0.3 is 9.84 Å². The summed E-state index contributed by atoms with van der Waals surface area (Å²) >= 11 is 0. The molecule has 0 amide bonds. The summed E-state index contributed by atoms with van der Waals surface area (Å²) < 4.78 is 3.72. The smallest absolute Gasteiger partial charge is 0.300 e. The molecule has 0 radical (unpaired) electrons. The molecule has 1 N–H and O–H groups in total. The van der Waals surface area contributed by atoms with Crippen molar-refractivity contribution >= 4 is 6.47 Å². The van der Waals surface area contributed by atoms with E-state index in [9.17, 15) is 4.79 Å². The molecule has 0 aliphatic heterocycles. The van der Waals surface area contributed by atoms with E-state index in [0.717, 1.165) is 0 Å². The molecule has 34 valence electrons. The lowest BCUT2D eigenvalue weighted by Crippen LogP contribution is -1.82. The third-order valence-electron chi connectivity index (χ3n) is 0.184. The van der Waals surface area contributed by atoms with Crippen LogP contribution in [0.25, 0.3) is 0 Å². The molecule has 3 heteroatoms. The van der Waals surface area contributed by atoms with Crippen LogP contribution < -0.4 is 0 Å². The van der Waals surface area contributed by atoms with E-state index < -0.39 is 5.95 Å². The average molecular weight is 88.1 g/mol. The molecule has 0 aromatic heterocycles. The number of ether oxygens (including phenoxy) is 1. The van der Waals surface area contributed by atoms with Gasteiger partial charge in [0.25, 0.3) is 5.95 Å². The monoisotopic (exact) mass is 88.0 g/mol. The molecule has 0 aromatic carbocycles. The summed E-state index contributed by atoms with van der Waals surface area (Å²) in [6.45, 7) is 2.95. The van der Waals surface area contributed by atoms with Crippen LogP contribution in [0.1, 0.15) is 0 Å². The van der Waals surface area contributed by atoms with Crippen LogP contribution >= 0.6 is 0 Å². The van der Waals surface area contributed by atoms with E-state index >= 15 is 0 Å². The summed E-state index contributed by atoms with van der Waals surface area (Å²) in [4.78, 5) is 9.17. The summed E-state index contributed by atoms with van der Waals surface area (Å²) in [5.41, 5.74) is 0. The van der Waals surface area contributed by atoms with E-state index in [4.69, 9.17) is 5.11 Å². The van der Waals surface area contributed by atoms with Crippen LogP contribution in [0.4, 0.5) is 0 Å². The van der Waals surface area contributed by atoms with Crippen molar-refractivity contribution in [2.75, 3.05) is 0 Å². The molecule has 0 aliphatic carbocycles. The number of hydrogen-bond donors (Lipinski definition) is 1. The van der Waals surface area contributed by atoms with E-state index in [1.54, 1.807) is 0 Å². The fourth-order valence-electron chi connectivity index (χ4n) is 0.0555. The molecule has 3 nitrogen and oxygen atoms in total. The minimum atomic E-state index is -0.579. The Morgan fingerprint density at radius 3 is 2.50 bits per heavy atom. The van der Waals surface area contributed by atoms with Gasteiger partial charge in [-0.1, -0.05) is 0 Å². The Kier molecular flexibility index (Phi) is 1.89. The van der Waals surface area contributed by atoms with E-state index in [0.29, 0.717) is 0 Å². The lowest BCUT2D eigenvalue weighted by Gasteiger charge is -1.84. The molecular weight excluding hydrogens is 84.0 g/mol. The van der Waals surface area contributed by atoms with Gasteiger partial charge in [-0.2, -0.15) is 0 Å². The molecule has 0 spiro atoms. The number of carbonyl (C=O) groups excluding carboxylic acids is 1. The fourth-order valence-corrected chi connectivity index (χ4v) is 0.0555. The SMILES string of the molecule is C=C(O)OC=O. The first-order valence-electron chi connectivity index (χ1n) is 1.25. The highest BCUT2D eigenvalue weighted by atomic mass is 16.6. The molecule has 0 aliphatic rings. The number of rotatable bonds is 2. The van der Waals surface area contributed by atoms with E-state index in [2.05, 4.69) is 11.3 Å². The highest BCUT2D eigenvalue weighted by Crippen LogP contribution is 1.76. The van der Waals surface area contributed by atoms with E-state index in [-0.39, 0.29) is 6.47 Å². The Morgan fingerprint density at radius 1 is 2.00 bits per heavy atom. The highest BCUT2D eigenvalue weighted by molar-refractivity contribution is 5.38. The lowest BCUT2D eigenvalue weighted by atomic mass is 11.0. The summed E-state index contributed by atoms with van der Waals surface area (Å²) in [6.07, 6.45) is 0. The van der Waals surface area contributed by atoms with Crippen molar-refractivity contribution in [2.24, 2.45) is 0 Å². The normalized spacial score (nSPS) is 6.67. The Morgan fingerprint density at radius 2 is 2.50 bits per heavy atom. The third kappa shape index (κ3) is 3.01. The first-order valence-corrected chi connectivity index (χ1v) is 1.25. The molecule has 0 heterocycles. The standard InChI is InChI=1S/C3H4O3/c1-3(5)6-2-4/h2,5H,1H2. The predicted octanol–water partition coefficient (Wildman–Crippen LogP) is 0.189. The van der Waals surface area contributed by atoms with Crippen LogP contribution in [0.15, 0.2) is 12.5 Å². The van der Waals surface area contributed by atoms with Crippen LogP contribution in [0.5, 0.6) is 0 Å². The van der Waals surface area contributed by atoms with Crippen molar-refractivity contribution in [3.63, 3.8) is 0 Å². The van der Waals surface area contributed by atoms with Crippen molar-refractivity contribution in [3.05, 3.63) is 12.5 Å². The van der Waals surface area contributed by atoms with E-state index in [1.165, 1.54) is 0 Å². The Labute approximate surface area is 34.8 Å². The predicted molar refractivity (Wildman–Crippen MR) is 18.9 cm³/mol. The zero-order valence-corrected chi connectivity index (χ0v) is 3.05. The summed E-state index contributed by atoms with van der Waals surface area (Å²) in [5.74, 6) is -0.579. The summed E-state index contributed by atoms with van der Waals surface area (Å²) in [6, 6.07) is 0. The molecule has 0 fully saturated rings. The maximum atomic E-state index is 9.17. The topological polar surface area (TPSA) is 46.5 Å². The van der Waals surface area contributed by atoms with Crippen LogP contribution in [0.2, 0.25) is 0 Å². The van der Waals surface area contributed by atoms with Gasteiger partial charge in [0, 0.05) is 0 Å². The third-order valence-corrected chi connectivity index (χ3v) is 0.184. The maximum absolute atomic E-state index is 9.17. The summed E-state index contributed by atoms with van der Waals surface area (Å²) in [5, 5.41) is 7.90. The molecule has 0 aromatic rings. The molecule has 0 saturated carbocycles. The fraction of sp³-hybridized carbons (Fsp3) is 0. The summed E-state index contributed by atoms with van der Waals surface area (Å²) in [7, 11) is 0. The Bertz CT molecular complexity index is 66.4. The molecule has 0 unspecified atom stereocenters. The highest BCUT2D eigenvalue weighted by Gasteiger charge is 1.76. The minimum Gasteiger partial charge on any atom is -0.481 e. The molecule has 0 bridgehead atoms. The molecular formula is C3H4O3. The average Bonchev–Trinajstić information content (AvgIpc) is 1.35. The van der Waals surface area contributed by atoms with Gasteiger partial charge in [-0.15, -0.1) is 0 Å². The number of carbonyl (C=O) groups is 1. The minimum absolute atomic E-state index is 0.0995. The van der Waals surface area contributed by atoms with Crippen LogP contribution in [-0.2, 0) is 9.53 Å². The van der Waals surface area contributed by atoms with Gasteiger partial charge in [0.05, 0.1) is 0 Å². The largest absolute Gasteiger partial charge is 0.481 e. The molecule has 0 atom stereocenters. The quantitative estimate of drug-likeness (QED) is 0.387. The first kappa shape index (κ1) is 5.01. The van der Waals surface area contributed by atoms with Crippen LogP contribution in [0.3, 0.4) is 0 Å². The van der Waals surface area contributed by atoms with Gasteiger partial charge in [-0.25, -0.2) is 0 Å². The molecule has 0 saturated heterocycles. The van der Waals surface area contributed by atoms with Gasteiger partial charge in [0.15, 0.2) is 0 Å². The molecule has 0 rings (SSSR count). The van der Waals surface area contributed by atoms with Crippen molar-refractivity contribution in [3.8, 4) is 0 Å². The second kappa shape index (κ2) is 2.26. The zero-order valence-electron chi connectivity index (χ0n) is 3.05. The van der Waals surface area contributed by atoms with Crippen molar-refractivity contribution in [1.29, 1.82) is 0 Å². The number of hydrogen-bond acceptors (Lipinski definition) is 3. The van der Waals surface area contributed by atoms with Crippen molar-refractivity contribution < 1.29 is 14.6 Å². The van der Waals surface area contributed by atoms with Gasteiger partial charge in [0.1, 0.15) is 0 Å².